The molecule has 0 unspecified atom stereocenters. The number of benzene rings is 1. The van der Waals surface area contributed by atoms with E-state index in [1.165, 1.54) is 33.9 Å². The lowest BCUT2D eigenvalue weighted by Crippen LogP contribution is -2.36. The van der Waals surface area contributed by atoms with Crippen LogP contribution in [0.3, 0.4) is 0 Å². The molecule has 0 saturated heterocycles. The van der Waals surface area contributed by atoms with E-state index in [0.717, 1.165) is 17.8 Å². The summed E-state index contributed by atoms with van der Waals surface area (Å²) in [5.74, 6) is 0. The standard InChI is InChI=1S/C16H14BrF3N4O2.BrH/c17-3-1-2-5-24-13-8-12(23-6-4-21-9-23)10(16(18,19)20)7-11(13)22-14(25)15(24)26;/h4,6-9H,1-3,5H2,(H,22,25);1H. The maximum atomic E-state index is 13.5. The first-order valence-corrected chi connectivity index (χ1v) is 8.87. The molecule has 0 amide bonds. The number of unbranched alkanes of at least 4 members (excludes halogenated alkanes) is 1. The maximum Gasteiger partial charge on any atom is 0.418 e. The van der Waals surface area contributed by atoms with E-state index in [4.69, 9.17) is 0 Å². The summed E-state index contributed by atoms with van der Waals surface area (Å²) in [6, 6.07) is 2.11. The molecule has 2 aromatic heterocycles. The van der Waals surface area contributed by atoms with Gasteiger partial charge < -0.3 is 14.1 Å². The molecule has 0 aliphatic rings. The van der Waals surface area contributed by atoms with Gasteiger partial charge in [0.15, 0.2) is 0 Å². The molecule has 0 fully saturated rings. The highest BCUT2D eigenvalue weighted by molar-refractivity contribution is 9.09. The Morgan fingerprint density at radius 3 is 2.52 bits per heavy atom. The number of halogens is 5. The largest absolute Gasteiger partial charge is 0.418 e. The summed E-state index contributed by atoms with van der Waals surface area (Å²) in [5, 5.41) is 0.724. The minimum absolute atomic E-state index is 0. The van der Waals surface area contributed by atoms with Crippen LogP contribution in [0, 0.1) is 0 Å². The molecule has 11 heteroatoms. The van der Waals surface area contributed by atoms with E-state index >= 15 is 0 Å². The van der Waals surface area contributed by atoms with Gasteiger partial charge in [-0.2, -0.15) is 13.2 Å². The van der Waals surface area contributed by atoms with Crippen molar-refractivity contribution in [3.8, 4) is 5.69 Å². The number of hydrogen-bond acceptors (Lipinski definition) is 3. The summed E-state index contributed by atoms with van der Waals surface area (Å²) in [6.45, 7) is 0.236. The fourth-order valence-corrected chi connectivity index (χ4v) is 3.13. The zero-order valence-electron chi connectivity index (χ0n) is 13.8. The summed E-state index contributed by atoms with van der Waals surface area (Å²) in [5.41, 5.74) is -2.62. The Morgan fingerprint density at radius 2 is 1.93 bits per heavy atom. The molecular formula is C16H15Br2F3N4O2. The van der Waals surface area contributed by atoms with Crippen LogP contribution in [0.5, 0.6) is 0 Å². The van der Waals surface area contributed by atoms with Gasteiger partial charge in [-0.3, -0.25) is 9.59 Å². The number of aromatic amines is 1. The number of fused-ring (bicyclic) bond motifs is 1. The molecule has 3 rings (SSSR count). The van der Waals surface area contributed by atoms with E-state index in [1.807, 2.05) is 0 Å². The number of imidazole rings is 1. The first-order chi connectivity index (χ1) is 12.3. The summed E-state index contributed by atoms with van der Waals surface area (Å²) < 4.78 is 42.9. The molecule has 0 radical (unpaired) electrons. The zero-order valence-corrected chi connectivity index (χ0v) is 17.1. The average molecular weight is 512 g/mol. The molecule has 0 aliphatic heterocycles. The third kappa shape index (κ3) is 4.34. The van der Waals surface area contributed by atoms with Crippen molar-refractivity contribution in [3.63, 3.8) is 0 Å². The lowest BCUT2D eigenvalue weighted by atomic mass is 10.1. The van der Waals surface area contributed by atoms with Crippen molar-refractivity contribution < 1.29 is 13.2 Å². The van der Waals surface area contributed by atoms with E-state index in [1.54, 1.807) is 0 Å². The van der Waals surface area contributed by atoms with E-state index < -0.39 is 22.9 Å². The molecular weight excluding hydrogens is 497 g/mol. The molecule has 1 N–H and O–H groups in total. The highest BCUT2D eigenvalue weighted by Crippen LogP contribution is 2.35. The van der Waals surface area contributed by atoms with Gasteiger partial charge in [0.25, 0.3) is 0 Å². The number of rotatable bonds is 5. The first kappa shape index (κ1) is 21.4. The van der Waals surface area contributed by atoms with Gasteiger partial charge >= 0.3 is 17.3 Å². The number of hydrogen-bond donors (Lipinski definition) is 1. The smallest absolute Gasteiger partial charge is 0.316 e. The molecule has 27 heavy (non-hydrogen) atoms. The molecule has 0 spiro atoms. The Balaban J connectivity index is 0.00000261. The van der Waals surface area contributed by atoms with Crippen LogP contribution in [0.1, 0.15) is 18.4 Å². The third-order valence-electron chi connectivity index (χ3n) is 3.95. The molecule has 146 valence electrons. The van der Waals surface area contributed by atoms with Gasteiger partial charge in [0.05, 0.1) is 28.6 Å². The fourth-order valence-electron chi connectivity index (χ4n) is 2.74. The average Bonchev–Trinajstić information content (AvgIpc) is 3.11. The second kappa shape index (κ2) is 8.42. The van der Waals surface area contributed by atoms with Crippen molar-refractivity contribution in [1.82, 2.24) is 19.1 Å². The van der Waals surface area contributed by atoms with Gasteiger partial charge in [-0.25, -0.2) is 4.98 Å². The van der Waals surface area contributed by atoms with Gasteiger partial charge in [0.1, 0.15) is 0 Å². The highest BCUT2D eigenvalue weighted by atomic mass is 79.9. The molecule has 2 heterocycles. The summed E-state index contributed by atoms with van der Waals surface area (Å²) in [4.78, 5) is 30.1. The lowest BCUT2D eigenvalue weighted by Gasteiger charge is -2.17. The molecule has 3 aromatic rings. The minimum atomic E-state index is -4.64. The third-order valence-corrected chi connectivity index (χ3v) is 4.51. The van der Waals surface area contributed by atoms with Gasteiger partial charge in [-0.1, -0.05) is 15.9 Å². The van der Waals surface area contributed by atoms with Crippen molar-refractivity contribution in [2.24, 2.45) is 0 Å². The second-order valence-corrected chi connectivity index (χ2v) is 6.45. The van der Waals surface area contributed by atoms with Crippen LogP contribution in [0.15, 0.2) is 40.4 Å². The van der Waals surface area contributed by atoms with Crippen LogP contribution < -0.4 is 11.1 Å². The van der Waals surface area contributed by atoms with Gasteiger partial charge in [0.2, 0.25) is 0 Å². The van der Waals surface area contributed by atoms with Crippen LogP contribution in [0.4, 0.5) is 13.2 Å². The Hall–Kier alpha value is -1.88. The van der Waals surface area contributed by atoms with Gasteiger partial charge in [-0.05, 0) is 25.0 Å². The van der Waals surface area contributed by atoms with Crippen molar-refractivity contribution >= 4 is 43.9 Å². The Bertz CT molecular complexity index is 1040. The lowest BCUT2D eigenvalue weighted by molar-refractivity contribution is -0.137. The Labute approximate surface area is 169 Å². The fraction of sp³-hybridized carbons (Fsp3) is 0.312. The first-order valence-electron chi connectivity index (χ1n) is 7.75. The number of aromatic nitrogens is 4. The highest BCUT2D eigenvalue weighted by Gasteiger charge is 2.35. The minimum Gasteiger partial charge on any atom is -0.316 e. The van der Waals surface area contributed by atoms with E-state index in [0.29, 0.717) is 6.42 Å². The zero-order chi connectivity index (χ0) is 18.9. The van der Waals surface area contributed by atoms with Crippen LogP contribution in [0.2, 0.25) is 0 Å². The number of nitrogens with zero attached hydrogens (tertiary/aromatic N) is 3. The molecule has 0 aliphatic carbocycles. The predicted octanol–water partition coefficient (Wildman–Crippen LogP) is 3.65. The maximum absolute atomic E-state index is 13.5. The number of nitrogens with one attached hydrogen (secondary N) is 1. The molecule has 0 saturated carbocycles. The second-order valence-electron chi connectivity index (χ2n) is 5.66. The summed E-state index contributed by atoms with van der Waals surface area (Å²) in [7, 11) is 0. The van der Waals surface area contributed by atoms with Crippen LogP contribution in [0.25, 0.3) is 16.7 Å². The van der Waals surface area contributed by atoms with Crippen molar-refractivity contribution in [1.29, 1.82) is 0 Å². The predicted molar refractivity (Wildman–Crippen MR) is 104 cm³/mol. The number of alkyl halides is 4. The van der Waals surface area contributed by atoms with Gasteiger partial charge in [-0.15, -0.1) is 17.0 Å². The molecule has 6 nitrogen and oxygen atoms in total. The summed E-state index contributed by atoms with van der Waals surface area (Å²) >= 11 is 3.28. The van der Waals surface area contributed by atoms with E-state index in [9.17, 15) is 22.8 Å². The van der Waals surface area contributed by atoms with Crippen LogP contribution in [-0.2, 0) is 12.7 Å². The topological polar surface area (TPSA) is 72.7 Å². The SMILES string of the molecule is Br.O=c1[nH]c2cc(C(F)(F)F)c(-n3ccnc3)cc2n(CCCCBr)c1=O. The van der Waals surface area contributed by atoms with Crippen LogP contribution in [-0.4, -0.2) is 24.4 Å². The van der Waals surface area contributed by atoms with E-state index in [-0.39, 0.29) is 40.2 Å². The Morgan fingerprint density at radius 1 is 1.19 bits per heavy atom. The number of aryl methyl sites for hydroxylation is 1. The van der Waals surface area contributed by atoms with Gasteiger partial charge in [0, 0.05) is 24.3 Å². The molecule has 0 bridgehead atoms. The van der Waals surface area contributed by atoms with Crippen molar-refractivity contribution in [2.45, 2.75) is 25.6 Å². The normalized spacial score (nSPS) is 11.6. The monoisotopic (exact) mass is 510 g/mol. The van der Waals surface area contributed by atoms with Crippen molar-refractivity contribution in [2.75, 3.05) is 5.33 Å². The quantitative estimate of drug-likeness (QED) is 0.323. The summed E-state index contributed by atoms with van der Waals surface area (Å²) in [6.07, 6.45) is 0.716. The number of H-pyrrole nitrogens is 1. The van der Waals surface area contributed by atoms with E-state index in [2.05, 4.69) is 25.9 Å². The molecule has 1 aromatic carbocycles. The molecule has 0 atom stereocenters. The van der Waals surface area contributed by atoms with Crippen molar-refractivity contribution in [3.05, 3.63) is 57.1 Å². The van der Waals surface area contributed by atoms with Crippen LogP contribution >= 0.6 is 32.9 Å². The Kier molecular flexibility index (Phi) is 6.68.